The molecule has 0 bridgehead atoms. The quantitative estimate of drug-likeness (QED) is 0.741. The largest absolute Gasteiger partial charge is 0.294 e. The van der Waals surface area contributed by atoms with Crippen LogP contribution in [0, 0.1) is 24.5 Å². The minimum absolute atomic E-state index is 0.101. The van der Waals surface area contributed by atoms with E-state index in [4.69, 9.17) is 0 Å². The summed E-state index contributed by atoms with van der Waals surface area (Å²) in [5.41, 5.74) is 0.130. The average Bonchev–Trinajstić information content (AvgIpc) is 2.79. The minimum Gasteiger partial charge on any atom is -0.294 e. The highest BCUT2D eigenvalue weighted by molar-refractivity contribution is 7.99. The van der Waals surface area contributed by atoms with E-state index in [1.165, 1.54) is 19.1 Å². The Hall–Kier alpha value is -0.900. The monoisotopic (exact) mass is 242 g/mol. The predicted molar refractivity (Wildman–Crippen MR) is 60.9 cm³/mol. The van der Waals surface area contributed by atoms with Gasteiger partial charge in [0.25, 0.3) is 0 Å². The first-order chi connectivity index (χ1) is 7.61. The molecule has 1 nitrogen and oxygen atoms in total. The lowest BCUT2D eigenvalue weighted by atomic mass is 9.96. The van der Waals surface area contributed by atoms with Crippen LogP contribution in [-0.2, 0) is 0 Å². The van der Waals surface area contributed by atoms with Crippen LogP contribution in [0.1, 0.15) is 22.3 Å². The molecule has 1 saturated heterocycles. The van der Waals surface area contributed by atoms with Gasteiger partial charge in [-0.2, -0.15) is 11.8 Å². The van der Waals surface area contributed by atoms with Crippen LogP contribution in [0.3, 0.4) is 0 Å². The zero-order valence-corrected chi connectivity index (χ0v) is 9.74. The fourth-order valence-electron chi connectivity index (χ4n) is 1.80. The Morgan fingerprint density at radius 3 is 2.75 bits per heavy atom. The van der Waals surface area contributed by atoms with Crippen molar-refractivity contribution >= 4 is 17.5 Å². The molecule has 1 atom stereocenters. The van der Waals surface area contributed by atoms with Crippen molar-refractivity contribution in [2.75, 3.05) is 11.5 Å². The summed E-state index contributed by atoms with van der Waals surface area (Å²) < 4.78 is 26.9. The van der Waals surface area contributed by atoms with Gasteiger partial charge in [0.1, 0.15) is 0 Å². The van der Waals surface area contributed by atoms with E-state index in [1.54, 1.807) is 11.8 Å². The molecule has 1 aromatic carbocycles. The Morgan fingerprint density at radius 1 is 1.38 bits per heavy atom. The number of aryl methyl sites for hydroxylation is 1. The smallest absolute Gasteiger partial charge is 0.169 e. The summed E-state index contributed by atoms with van der Waals surface area (Å²) in [5.74, 6) is -0.679. The summed E-state index contributed by atoms with van der Waals surface area (Å²) in [7, 11) is 0. The van der Waals surface area contributed by atoms with Crippen molar-refractivity contribution in [1.82, 2.24) is 0 Å². The first-order valence-electron chi connectivity index (χ1n) is 5.18. The van der Waals surface area contributed by atoms with Crippen LogP contribution in [0.5, 0.6) is 0 Å². The number of benzene rings is 1. The van der Waals surface area contributed by atoms with Crippen molar-refractivity contribution in [1.29, 1.82) is 0 Å². The summed E-state index contributed by atoms with van der Waals surface area (Å²) in [5, 5.41) is 0. The molecule has 86 valence electrons. The van der Waals surface area contributed by atoms with Gasteiger partial charge in [0.2, 0.25) is 0 Å². The zero-order chi connectivity index (χ0) is 11.7. The van der Waals surface area contributed by atoms with E-state index in [2.05, 4.69) is 0 Å². The first-order valence-corrected chi connectivity index (χ1v) is 6.33. The van der Waals surface area contributed by atoms with E-state index < -0.39 is 11.6 Å². The van der Waals surface area contributed by atoms with Gasteiger partial charge in [-0.1, -0.05) is 6.07 Å². The molecular formula is C12H12F2OS. The first kappa shape index (κ1) is 11.6. The molecule has 1 unspecified atom stereocenters. The van der Waals surface area contributed by atoms with E-state index in [9.17, 15) is 13.6 Å². The molecule has 4 heteroatoms. The molecular weight excluding hydrogens is 230 g/mol. The Kier molecular flexibility index (Phi) is 3.28. The molecule has 1 heterocycles. The number of carbonyl (C=O) groups excluding carboxylic acids is 1. The molecule has 0 aliphatic carbocycles. The topological polar surface area (TPSA) is 17.1 Å². The highest BCUT2D eigenvalue weighted by Gasteiger charge is 2.27. The molecule has 1 aliphatic heterocycles. The van der Waals surface area contributed by atoms with Gasteiger partial charge in [0, 0.05) is 11.7 Å². The second-order valence-electron chi connectivity index (χ2n) is 3.98. The number of rotatable bonds is 2. The summed E-state index contributed by atoms with van der Waals surface area (Å²) in [6.07, 6.45) is 0.762. The van der Waals surface area contributed by atoms with Crippen LogP contribution in [0.2, 0.25) is 0 Å². The standard InChI is InChI=1S/C12H12F2OS/c1-7-2-3-9(11(14)10(7)13)12(15)8-4-5-16-6-8/h2-3,8H,4-6H2,1H3. The third-order valence-corrected chi connectivity index (χ3v) is 4.00. The summed E-state index contributed by atoms with van der Waals surface area (Å²) in [6, 6.07) is 2.84. The molecule has 0 radical (unpaired) electrons. The normalized spacial score (nSPS) is 20.1. The van der Waals surface area contributed by atoms with Crippen molar-refractivity contribution in [3.8, 4) is 0 Å². The molecule has 0 aromatic heterocycles. The van der Waals surface area contributed by atoms with Gasteiger partial charge in [-0.05, 0) is 30.7 Å². The van der Waals surface area contributed by atoms with Gasteiger partial charge in [-0.25, -0.2) is 8.78 Å². The SMILES string of the molecule is Cc1ccc(C(=O)C2CCSC2)c(F)c1F. The van der Waals surface area contributed by atoms with Gasteiger partial charge in [-0.3, -0.25) is 4.79 Å². The number of thioether (sulfide) groups is 1. The molecule has 1 aromatic rings. The Labute approximate surface area is 97.2 Å². The number of hydrogen-bond acceptors (Lipinski definition) is 2. The number of halogens is 2. The van der Waals surface area contributed by atoms with Crippen LogP contribution < -0.4 is 0 Å². The zero-order valence-electron chi connectivity index (χ0n) is 8.93. The fourth-order valence-corrected chi connectivity index (χ4v) is 3.02. The summed E-state index contributed by atoms with van der Waals surface area (Å²) in [4.78, 5) is 11.9. The lowest BCUT2D eigenvalue weighted by Gasteiger charge is -2.09. The van der Waals surface area contributed by atoms with Gasteiger partial charge in [0.15, 0.2) is 17.4 Å². The Morgan fingerprint density at radius 2 is 2.12 bits per heavy atom. The van der Waals surface area contributed by atoms with E-state index in [0.29, 0.717) is 5.75 Å². The van der Waals surface area contributed by atoms with Crippen molar-refractivity contribution in [3.63, 3.8) is 0 Å². The highest BCUT2D eigenvalue weighted by Crippen LogP contribution is 2.28. The van der Waals surface area contributed by atoms with Crippen molar-refractivity contribution in [3.05, 3.63) is 34.9 Å². The number of carbonyl (C=O) groups is 1. The lowest BCUT2D eigenvalue weighted by Crippen LogP contribution is -2.16. The maximum absolute atomic E-state index is 13.6. The van der Waals surface area contributed by atoms with Crippen molar-refractivity contribution < 1.29 is 13.6 Å². The summed E-state index contributed by atoms with van der Waals surface area (Å²) in [6.45, 7) is 1.48. The maximum atomic E-state index is 13.6. The minimum atomic E-state index is -0.998. The Balaban J connectivity index is 2.33. The van der Waals surface area contributed by atoms with Crippen LogP contribution in [0.4, 0.5) is 8.78 Å². The van der Waals surface area contributed by atoms with Crippen LogP contribution in [-0.4, -0.2) is 17.3 Å². The molecule has 0 spiro atoms. The second-order valence-corrected chi connectivity index (χ2v) is 5.13. The third kappa shape index (κ3) is 1.98. The van der Waals surface area contributed by atoms with Crippen LogP contribution in [0.25, 0.3) is 0 Å². The number of hydrogen-bond donors (Lipinski definition) is 0. The van der Waals surface area contributed by atoms with Gasteiger partial charge in [0.05, 0.1) is 5.56 Å². The van der Waals surface area contributed by atoms with E-state index in [1.807, 2.05) is 0 Å². The highest BCUT2D eigenvalue weighted by atomic mass is 32.2. The third-order valence-electron chi connectivity index (χ3n) is 2.84. The van der Waals surface area contributed by atoms with Crippen molar-refractivity contribution in [2.45, 2.75) is 13.3 Å². The molecule has 1 fully saturated rings. The van der Waals surface area contributed by atoms with Gasteiger partial charge >= 0.3 is 0 Å². The number of Topliss-reactive ketones (excluding diaryl/α,β-unsaturated/α-hetero) is 1. The van der Waals surface area contributed by atoms with E-state index >= 15 is 0 Å². The second kappa shape index (κ2) is 4.53. The van der Waals surface area contributed by atoms with Crippen molar-refractivity contribution in [2.24, 2.45) is 5.92 Å². The van der Waals surface area contributed by atoms with Gasteiger partial charge < -0.3 is 0 Å². The Bertz CT molecular complexity index is 425. The van der Waals surface area contributed by atoms with E-state index in [-0.39, 0.29) is 22.8 Å². The lowest BCUT2D eigenvalue weighted by molar-refractivity contribution is 0.0928. The fraction of sp³-hybridized carbons (Fsp3) is 0.417. The average molecular weight is 242 g/mol. The number of ketones is 1. The molecule has 2 rings (SSSR count). The summed E-state index contributed by atoms with van der Waals surface area (Å²) >= 11 is 1.68. The van der Waals surface area contributed by atoms with E-state index in [0.717, 1.165) is 12.2 Å². The molecule has 0 saturated carbocycles. The molecule has 1 aliphatic rings. The maximum Gasteiger partial charge on any atom is 0.169 e. The predicted octanol–water partition coefficient (Wildman–Crippen LogP) is 3.21. The molecule has 0 amide bonds. The molecule has 16 heavy (non-hydrogen) atoms. The molecule has 0 N–H and O–H groups in total. The van der Waals surface area contributed by atoms with Crippen LogP contribution in [0.15, 0.2) is 12.1 Å². The van der Waals surface area contributed by atoms with Crippen LogP contribution >= 0.6 is 11.8 Å². The van der Waals surface area contributed by atoms with Gasteiger partial charge in [-0.15, -0.1) is 0 Å².